The van der Waals surface area contributed by atoms with Gasteiger partial charge < -0.3 is 4.43 Å². The van der Waals surface area contributed by atoms with Crippen LogP contribution in [0.15, 0.2) is 60.7 Å². The zero-order valence-electron chi connectivity index (χ0n) is 12.3. The van der Waals surface area contributed by atoms with E-state index in [2.05, 4.69) is 60.7 Å². The van der Waals surface area contributed by atoms with Gasteiger partial charge in [-0.15, -0.1) is 0 Å². The third kappa shape index (κ3) is 4.62. The lowest BCUT2D eigenvalue weighted by Gasteiger charge is -2.18. The maximum absolute atomic E-state index is 5.26. The third-order valence-electron chi connectivity index (χ3n) is 3.75. The van der Waals surface area contributed by atoms with E-state index in [0.717, 1.165) is 17.1 Å². The molecule has 0 N–H and O–H groups in total. The Balaban J connectivity index is 2.02. The highest BCUT2D eigenvalue weighted by Crippen LogP contribution is 2.29. The smallest absolute Gasteiger partial charge is 0.145 e. The minimum absolute atomic E-state index is 0.523. The van der Waals surface area contributed by atoms with Crippen molar-refractivity contribution in [2.45, 2.75) is 31.6 Å². The molecule has 0 fully saturated rings. The minimum atomic E-state index is 0.523. The quantitative estimate of drug-likeness (QED) is 0.531. The van der Waals surface area contributed by atoms with E-state index in [9.17, 15) is 0 Å². The molecule has 1 nitrogen and oxygen atoms in total. The molecule has 2 aromatic rings. The normalized spacial score (nSPS) is 11.1. The first-order valence-electron chi connectivity index (χ1n) is 7.50. The molecule has 0 amide bonds. The third-order valence-corrected chi connectivity index (χ3v) is 4.15. The standard InChI is InChI=1S/C18H24OSi/c20-19-15-9-3-8-14-18(16-10-4-1-5-11-16)17-12-6-2-7-13-17/h1-2,4-7,10-13,18H,3,8-9,14-15H2,20H3. The first-order valence-corrected chi connectivity index (χ1v) is 8.32. The van der Waals surface area contributed by atoms with Crippen molar-refractivity contribution in [1.82, 2.24) is 0 Å². The largest absolute Gasteiger partial charge is 0.428 e. The summed E-state index contributed by atoms with van der Waals surface area (Å²) in [6.07, 6.45) is 4.94. The summed E-state index contributed by atoms with van der Waals surface area (Å²) in [4.78, 5) is 0. The van der Waals surface area contributed by atoms with E-state index in [0.29, 0.717) is 5.92 Å². The first-order chi connectivity index (χ1) is 9.92. The van der Waals surface area contributed by atoms with E-state index in [1.165, 1.54) is 36.8 Å². The highest BCUT2D eigenvalue weighted by atomic mass is 28.2. The van der Waals surface area contributed by atoms with Crippen LogP contribution < -0.4 is 0 Å². The van der Waals surface area contributed by atoms with Crippen molar-refractivity contribution in [2.75, 3.05) is 6.61 Å². The summed E-state index contributed by atoms with van der Waals surface area (Å²) in [5.74, 6) is 0.523. The van der Waals surface area contributed by atoms with Crippen LogP contribution in [0.4, 0.5) is 0 Å². The number of unbranched alkanes of at least 4 members (excludes halogenated alkanes) is 2. The van der Waals surface area contributed by atoms with Crippen LogP contribution in [-0.2, 0) is 4.43 Å². The molecule has 0 bridgehead atoms. The lowest BCUT2D eigenvalue weighted by atomic mass is 9.87. The van der Waals surface area contributed by atoms with Crippen molar-refractivity contribution in [3.8, 4) is 0 Å². The fraction of sp³-hybridized carbons (Fsp3) is 0.333. The average Bonchev–Trinajstić information content (AvgIpc) is 2.53. The summed E-state index contributed by atoms with van der Waals surface area (Å²) in [6, 6.07) is 21.7. The van der Waals surface area contributed by atoms with Crippen LogP contribution in [0.25, 0.3) is 0 Å². The van der Waals surface area contributed by atoms with Gasteiger partial charge in [0.05, 0.1) is 0 Å². The van der Waals surface area contributed by atoms with Gasteiger partial charge in [-0.05, 0) is 24.0 Å². The van der Waals surface area contributed by atoms with E-state index >= 15 is 0 Å². The average molecular weight is 284 g/mol. The van der Waals surface area contributed by atoms with Crippen molar-refractivity contribution >= 4 is 10.5 Å². The monoisotopic (exact) mass is 284 g/mol. The fourth-order valence-corrected chi connectivity index (χ4v) is 2.96. The maximum atomic E-state index is 5.26. The van der Waals surface area contributed by atoms with Gasteiger partial charge >= 0.3 is 0 Å². The summed E-state index contributed by atoms with van der Waals surface area (Å²) >= 11 is 0. The molecule has 0 atom stereocenters. The van der Waals surface area contributed by atoms with Gasteiger partial charge in [0.2, 0.25) is 0 Å². The predicted octanol–water partition coefficient (Wildman–Crippen LogP) is 3.68. The molecule has 2 rings (SSSR count). The Morgan fingerprint density at radius 1 is 0.750 bits per heavy atom. The number of benzene rings is 2. The number of hydrogen-bond donors (Lipinski definition) is 0. The lowest BCUT2D eigenvalue weighted by Crippen LogP contribution is -2.01. The number of rotatable bonds is 8. The Morgan fingerprint density at radius 3 is 1.80 bits per heavy atom. The molecule has 0 aliphatic heterocycles. The minimum Gasteiger partial charge on any atom is -0.428 e. The van der Waals surface area contributed by atoms with Gasteiger partial charge in [0.1, 0.15) is 10.5 Å². The van der Waals surface area contributed by atoms with Gasteiger partial charge in [0.25, 0.3) is 0 Å². The zero-order valence-corrected chi connectivity index (χ0v) is 14.3. The molecule has 0 saturated carbocycles. The van der Waals surface area contributed by atoms with Gasteiger partial charge in [-0.1, -0.05) is 73.5 Å². The molecule has 0 heterocycles. The van der Waals surface area contributed by atoms with E-state index < -0.39 is 0 Å². The van der Waals surface area contributed by atoms with Crippen LogP contribution in [0.5, 0.6) is 0 Å². The van der Waals surface area contributed by atoms with Crippen molar-refractivity contribution in [3.05, 3.63) is 71.8 Å². The zero-order chi connectivity index (χ0) is 14.0. The molecule has 0 radical (unpaired) electrons. The van der Waals surface area contributed by atoms with Gasteiger partial charge in [-0.3, -0.25) is 0 Å². The SMILES string of the molecule is [SiH3]OCCCCCC(c1ccccc1)c1ccccc1. The van der Waals surface area contributed by atoms with Gasteiger partial charge in [0.15, 0.2) is 0 Å². The molecular formula is C18H24OSi. The maximum Gasteiger partial charge on any atom is 0.145 e. The molecule has 2 aromatic carbocycles. The topological polar surface area (TPSA) is 9.23 Å². The molecule has 2 heteroatoms. The molecule has 0 aliphatic rings. The second kappa shape index (κ2) is 8.72. The van der Waals surface area contributed by atoms with Crippen molar-refractivity contribution < 1.29 is 4.43 Å². The second-order valence-electron chi connectivity index (χ2n) is 5.22. The van der Waals surface area contributed by atoms with Crippen LogP contribution in [0.1, 0.15) is 42.7 Å². The second-order valence-corrected chi connectivity index (χ2v) is 5.79. The Hall–Kier alpha value is -1.38. The molecule has 106 valence electrons. The molecular weight excluding hydrogens is 260 g/mol. The Bertz CT molecular complexity index is 430. The van der Waals surface area contributed by atoms with Gasteiger partial charge in [-0.2, -0.15) is 0 Å². The van der Waals surface area contributed by atoms with E-state index in [1.807, 2.05) is 0 Å². The van der Waals surface area contributed by atoms with E-state index in [1.54, 1.807) is 0 Å². The Labute approximate surface area is 125 Å². The summed E-state index contributed by atoms with van der Waals surface area (Å²) in [5.41, 5.74) is 2.86. The highest BCUT2D eigenvalue weighted by Gasteiger charge is 2.12. The highest BCUT2D eigenvalue weighted by molar-refractivity contribution is 5.97. The van der Waals surface area contributed by atoms with Crippen molar-refractivity contribution in [3.63, 3.8) is 0 Å². The van der Waals surface area contributed by atoms with Crippen LogP contribution >= 0.6 is 0 Å². The summed E-state index contributed by atoms with van der Waals surface area (Å²) < 4.78 is 5.26. The molecule has 20 heavy (non-hydrogen) atoms. The van der Waals surface area contributed by atoms with Crippen LogP contribution in [-0.4, -0.2) is 17.1 Å². The molecule has 0 spiro atoms. The van der Waals surface area contributed by atoms with Crippen molar-refractivity contribution in [1.29, 1.82) is 0 Å². The molecule has 0 aliphatic carbocycles. The summed E-state index contributed by atoms with van der Waals surface area (Å²) in [5, 5.41) is 0. The Kier molecular flexibility index (Phi) is 6.55. The fourth-order valence-electron chi connectivity index (χ4n) is 2.67. The van der Waals surface area contributed by atoms with Crippen LogP contribution in [0.3, 0.4) is 0 Å². The van der Waals surface area contributed by atoms with E-state index in [-0.39, 0.29) is 0 Å². The first kappa shape index (κ1) is 15.0. The van der Waals surface area contributed by atoms with E-state index in [4.69, 9.17) is 4.43 Å². The molecule has 0 unspecified atom stereocenters. The van der Waals surface area contributed by atoms with Crippen molar-refractivity contribution in [2.24, 2.45) is 0 Å². The van der Waals surface area contributed by atoms with Gasteiger partial charge in [0, 0.05) is 12.5 Å². The number of hydrogen-bond acceptors (Lipinski definition) is 1. The summed E-state index contributed by atoms with van der Waals surface area (Å²) in [6.45, 7) is 0.938. The van der Waals surface area contributed by atoms with Crippen LogP contribution in [0.2, 0.25) is 0 Å². The molecule has 0 aromatic heterocycles. The summed E-state index contributed by atoms with van der Waals surface area (Å²) in [7, 11) is 0.864. The van der Waals surface area contributed by atoms with Crippen LogP contribution in [0, 0.1) is 0 Å². The lowest BCUT2D eigenvalue weighted by molar-refractivity contribution is 0.332. The Morgan fingerprint density at radius 2 is 1.30 bits per heavy atom. The van der Waals surface area contributed by atoms with Gasteiger partial charge in [-0.25, -0.2) is 0 Å². The predicted molar refractivity (Wildman–Crippen MR) is 89.1 cm³/mol. The molecule has 0 saturated heterocycles.